The average molecular weight is 334 g/mol. The van der Waals surface area contributed by atoms with E-state index in [1.54, 1.807) is 16.9 Å². The Morgan fingerprint density at radius 3 is 2.71 bits per heavy atom. The largest absolute Gasteiger partial charge is 0.336 e. The van der Waals surface area contributed by atoms with E-state index in [9.17, 15) is 13.6 Å². The molecular formula is C17H20F2N4O. The monoisotopic (exact) mass is 334 g/mol. The van der Waals surface area contributed by atoms with Crippen LogP contribution in [0.4, 0.5) is 13.6 Å². The highest BCUT2D eigenvalue weighted by molar-refractivity contribution is 5.74. The van der Waals surface area contributed by atoms with E-state index in [1.165, 1.54) is 18.6 Å². The van der Waals surface area contributed by atoms with E-state index >= 15 is 0 Å². The lowest BCUT2D eigenvalue weighted by atomic mass is 10.1. The summed E-state index contributed by atoms with van der Waals surface area (Å²) >= 11 is 0. The summed E-state index contributed by atoms with van der Waals surface area (Å²) in [5.74, 6) is -1.25. The van der Waals surface area contributed by atoms with Gasteiger partial charge in [-0.05, 0) is 37.5 Å². The van der Waals surface area contributed by atoms with Crippen molar-refractivity contribution in [2.75, 3.05) is 19.6 Å². The molecule has 2 heterocycles. The van der Waals surface area contributed by atoms with Gasteiger partial charge in [-0.15, -0.1) is 0 Å². The molecule has 1 aliphatic heterocycles. The zero-order valence-electron chi connectivity index (χ0n) is 13.3. The molecule has 1 aliphatic rings. The molecule has 0 bridgehead atoms. The second-order valence-electron chi connectivity index (χ2n) is 5.87. The molecule has 0 spiro atoms. The number of likely N-dealkylation sites (tertiary alicyclic amines) is 1. The highest BCUT2D eigenvalue weighted by Gasteiger charge is 2.15. The molecule has 1 aromatic carbocycles. The molecule has 0 aliphatic carbocycles. The van der Waals surface area contributed by atoms with Crippen molar-refractivity contribution in [1.82, 2.24) is 20.0 Å². The van der Waals surface area contributed by atoms with Crippen LogP contribution in [0.3, 0.4) is 0 Å². The van der Waals surface area contributed by atoms with Crippen molar-refractivity contribution in [3.05, 3.63) is 42.1 Å². The quantitative estimate of drug-likeness (QED) is 0.934. The van der Waals surface area contributed by atoms with Gasteiger partial charge in [0.2, 0.25) is 0 Å². The van der Waals surface area contributed by atoms with Gasteiger partial charge in [0.05, 0.1) is 12.2 Å². The first-order valence-electron chi connectivity index (χ1n) is 8.15. The number of carbonyl (C=O) groups is 1. The van der Waals surface area contributed by atoms with Crippen molar-refractivity contribution in [1.29, 1.82) is 0 Å². The lowest BCUT2D eigenvalue weighted by Crippen LogP contribution is -2.43. The predicted octanol–water partition coefficient (Wildman–Crippen LogP) is 3.02. The molecule has 7 heteroatoms. The van der Waals surface area contributed by atoms with Crippen molar-refractivity contribution in [3.63, 3.8) is 0 Å². The standard InChI is InChI=1S/C17H20F2N4O/c18-13-4-5-14(15(19)12-13)16-6-10-23(21-16)11-7-20-17(24)22-8-2-1-3-9-22/h4-6,10,12H,1-3,7-9,11H2,(H,20,24). The summed E-state index contributed by atoms with van der Waals surface area (Å²) in [5.41, 5.74) is 0.697. The third-order valence-electron chi connectivity index (χ3n) is 4.11. The van der Waals surface area contributed by atoms with Gasteiger partial charge in [0.25, 0.3) is 0 Å². The van der Waals surface area contributed by atoms with E-state index in [2.05, 4.69) is 10.4 Å². The maximum atomic E-state index is 13.8. The summed E-state index contributed by atoms with van der Waals surface area (Å²) in [6, 6.07) is 5.04. The van der Waals surface area contributed by atoms with Crippen LogP contribution in [0.5, 0.6) is 0 Å². The fourth-order valence-corrected chi connectivity index (χ4v) is 2.81. The minimum Gasteiger partial charge on any atom is -0.336 e. The van der Waals surface area contributed by atoms with Crippen LogP contribution >= 0.6 is 0 Å². The Hall–Kier alpha value is -2.44. The second-order valence-corrected chi connectivity index (χ2v) is 5.87. The Morgan fingerprint density at radius 2 is 1.96 bits per heavy atom. The van der Waals surface area contributed by atoms with E-state index in [1.807, 2.05) is 4.90 Å². The molecule has 0 saturated carbocycles. The number of hydrogen-bond acceptors (Lipinski definition) is 2. The maximum Gasteiger partial charge on any atom is 0.317 e. The summed E-state index contributed by atoms with van der Waals surface area (Å²) in [7, 11) is 0. The summed E-state index contributed by atoms with van der Waals surface area (Å²) in [6.45, 7) is 2.55. The SMILES string of the molecule is O=C(NCCn1ccc(-c2ccc(F)cc2F)n1)N1CCCCC1. The van der Waals surface area contributed by atoms with E-state index in [0.29, 0.717) is 18.8 Å². The van der Waals surface area contributed by atoms with Gasteiger partial charge in [-0.3, -0.25) is 4.68 Å². The molecular weight excluding hydrogens is 314 g/mol. The van der Waals surface area contributed by atoms with Crippen LogP contribution in [0, 0.1) is 11.6 Å². The van der Waals surface area contributed by atoms with Crippen molar-refractivity contribution in [2.24, 2.45) is 0 Å². The van der Waals surface area contributed by atoms with Gasteiger partial charge in [-0.2, -0.15) is 5.10 Å². The molecule has 1 aromatic heterocycles. The summed E-state index contributed by atoms with van der Waals surface area (Å²) in [5, 5.41) is 7.14. The highest BCUT2D eigenvalue weighted by atomic mass is 19.1. The summed E-state index contributed by atoms with van der Waals surface area (Å²) in [6.07, 6.45) is 5.00. The smallest absolute Gasteiger partial charge is 0.317 e. The zero-order chi connectivity index (χ0) is 16.9. The fraction of sp³-hybridized carbons (Fsp3) is 0.412. The van der Waals surface area contributed by atoms with E-state index < -0.39 is 11.6 Å². The molecule has 1 N–H and O–H groups in total. The van der Waals surface area contributed by atoms with Gasteiger partial charge in [0.15, 0.2) is 0 Å². The van der Waals surface area contributed by atoms with E-state index in [-0.39, 0.29) is 11.6 Å². The molecule has 0 atom stereocenters. The average Bonchev–Trinajstić information content (AvgIpc) is 3.04. The van der Waals surface area contributed by atoms with Gasteiger partial charge in [0, 0.05) is 37.5 Å². The van der Waals surface area contributed by atoms with Gasteiger partial charge in [0.1, 0.15) is 11.6 Å². The second kappa shape index (κ2) is 7.42. The normalized spacial score (nSPS) is 14.7. The van der Waals surface area contributed by atoms with Crippen LogP contribution in [0.15, 0.2) is 30.5 Å². The molecule has 0 unspecified atom stereocenters. The van der Waals surface area contributed by atoms with E-state index in [4.69, 9.17) is 0 Å². The number of benzene rings is 1. The van der Waals surface area contributed by atoms with E-state index in [0.717, 1.165) is 32.0 Å². The van der Waals surface area contributed by atoms with Crippen molar-refractivity contribution < 1.29 is 13.6 Å². The summed E-state index contributed by atoms with van der Waals surface area (Å²) in [4.78, 5) is 13.8. The number of urea groups is 1. The number of rotatable bonds is 4. The van der Waals surface area contributed by atoms with Crippen LogP contribution in [0.2, 0.25) is 0 Å². The Balaban J connectivity index is 1.53. The Morgan fingerprint density at radius 1 is 1.17 bits per heavy atom. The molecule has 128 valence electrons. The lowest BCUT2D eigenvalue weighted by molar-refractivity contribution is 0.186. The van der Waals surface area contributed by atoms with Gasteiger partial charge < -0.3 is 10.2 Å². The number of piperidine rings is 1. The first kappa shape index (κ1) is 16.4. The Labute approximate surface area is 139 Å². The third-order valence-corrected chi connectivity index (χ3v) is 4.11. The van der Waals surface area contributed by atoms with Gasteiger partial charge in [-0.1, -0.05) is 0 Å². The third kappa shape index (κ3) is 3.90. The molecule has 24 heavy (non-hydrogen) atoms. The number of hydrogen-bond donors (Lipinski definition) is 1. The number of nitrogens with one attached hydrogen (secondary N) is 1. The first-order valence-corrected chi connectivity index (χ1v) is 8.15. The van der Waals surface area contributed by atoms with Crippen molar-refractivity contribution in [3.8, 4) is 11.3 Å². The van der Waals surface area contributed by atoms with Crippen LogP contribution in [0.1, 0.15) is 19.3 Å². The molecule has 3 rings (SSSR count). The predicted molar refractivity (Wildman–Crippen MR) is 86.4 cm³/mol. The number of amides is 2. The number of nitrogens with zero attached hydrogens (tertiary/aromatic N) is 3. The molecule has 2 aromatic rings. The molecule has 2 amide bonds. The fourth-order valence-electron chi connectivity index (χ4n) is 2.81. The Bertz CT molecular complexity index is 710. The number of carbonyl (C=O) groups excluding carboxylic acids is 1. The van der Waals surface area contributed by atoms with Gasteiger partial charge >= 0.3 is 6.03 Å². The van der Waals surface area contributed by atoms with Crippen molar-refractivity contribution >= 4 is 6.03 Å². The Kier molecular flexibility index (Phi) is 5.08. The van der Waals surface area contributed by atoms with Crippen LogP contribution in [0.25, 0.3) is 11.3 Å². The van der Waals surface area contributed by atoms with Crippen LogP contribution in [-0.2, 0) is 6.54 Å². The maximum absolute atomic E-state index is 13.8. The minimum absolute atomic E-state index is 0.0494. The minimum atomic E-state index is -0.640. The van der Waals surface area contributed by atoms with Crippen LogP contribution in [-0.4, -0.2) is 40.3 Å². The highest BCUT2D eigenvalue weighted by Crippen LogP contribution is 2.21. The zero-order valence-corrected chi connectivity index (χ0v) is 13.3. The molecule has 0 radical (unpaired) electrons. The molecule has 1 saturated heterocycles. The van der Waals surface area contributed by atoms with Gasteiger partial charge in [-0.25, -0.2) is 13.6 Å². The number of aromatic nitrogens is 2. The topological polar surface area (TPSA) is 50.2 Å². The van der Waals surface area contributed by atoms with Crippen molar-refractivity contribution in [2.45, 2.75) is 25.8 Å². The van der Waals surface area contributed by atoms with Crippen LogP contribution < -0.4 is 5.32 Å². The molecule has 1 fully saturated rings. The number of halogens is 2. The lowest BCUT2D eigenvalue weighted by Gasteiger charge is -2.26. The summed E-state index contributed by atoms with van der Waals surface area (Å²) < 4.78 is 28.3. The first-order chi connectivity index (χ1) is 11.6. The molecule has 5 nitrogen and oxygen atoms in total.